The summed E-state index contributed by atoms with van der Waals surface area (Å²) in [5, 5.41) is 3.52. The SMILES string of the molecule is Cc1cncc(NC(CN(C)Cc2ccccc2)C(C)C)n1. The molecule has 0 aliphatic rings. The van der Waals surface area contributed by atoms with Gasteiger partial charge in [0.25, 0.3) is 0 Å². The molecule has 0 aliphatic carbocycles. The molecule has 1 atom stereocenters. The van der Waals surface area contributed by atoms with Crippen LogP contribution in [0.5, 0.6) is 0 Å². The molecule has 4 heteroatoms. The highest BCUT2D eigenvalue weighted by Crippen LogP contribution is 2.12. The van der Waals surface area contributed by atoms with E-state index in [4.69, 9.17) is 0 Å². The molecule has 0 spiro atoms. The van der Waals surface area contributed by atoms with Crippen LogP contribution in [0.1, 0.15) is 25.1 Å². The van der Waals surface area contributed by atoms with E-state index in [0.717, 1.165) is 24.6 Å². The van der Waals surface area contributed by atoms with Crippen LogP contribution in [0.15, 0.2) is 42.7 Å². The zero-order valence-electron chi connectivity index (χ0n) is 14.0. The predicted octanol–water partition coefficient (Wildman–Crippen LogP) is 3.35. The molecule has 22 heavy (non-hydrogen) atoms. The lowest BCUT2D eigenvalue weighted by atomic mass is 10.0. The van der Waals surface area contributed by atoms with Gasteiger partial charge in [0.15, 0.2) is 0 Å². The zero-order chi connectivity index (χ0) is 15.9. The van der Waals surface area contributed by atoms with Crippen molar-refractivity contribution in [3.63, 3.8) is 0 Å². The first-order valence-electron chi connectivity index (χ1n) is 7.82. The van der Waals surface area contributed by atoms with Gasteiger partial charge in [-0.3, -0.25) is 4.98 Å². The van der Waals surface area contributed by atoms with Crippen LogP contribution >= 0.6 is 0 Å². The van der Waals surface area contributed by atoms with E-state index in [1.54, 1.807) is 12.4 Å². The number of aromatic nitrogens is 2. The van der Waals surface area contributed by atoms with Crippen molar-refractivity contribution in [3.05, 3.63) is 54.0 Å². The molecule has 0 aliphatic heterocycles. The van der Waals surface area contributed by atoms with E-state index in [0.29, 0.717) is 12.0 Å². The van der Waals surface area contributed by atoms with Gasteiger partial charge in [-0.15, -0.1) is 0 Å². The van der Waals surface area contributed by atoms with Crippen molar-refractivity contribution in [1.29, 1.82) is 0 Å². The van der Waals surface area contributed by atoms with Gasteiger partial charge < -0.3 is 10.2 Å². The Hall–Kier alpha value is -1.94. The van der Waals surface area contributed by atoms with Crippen molar-refractivity contribution in [2.75, 3.05) is 18.9 Å². The Morgan fingerprint density at radius 2 is 1.86 bits per heavy atom. The van der Waals surface area contributed by atoms with E-state index in [9.17, 15) is 0 Å². The molecule has 0 saturated carbocycles. The Labute approximate surface area is 133 Å². The average molecular weight is 298 g/mol. The Bertz CT molecular complexity index is 568. The van der Waals surface area contributed by atoms with E-state index in [1.165, 1.54) is 5.56 Å². The highest BCUT2D eigenvalue weighted by Gasteiger charge is 2.16. The second-order valence-corrected chi connectivity index (χ2v) is 6.22. The normalized spacial score (nSPS) is 12.6. The van der Waals surface area contributed by atoms with Crippen molar-refractivity contribution in [2.24, 2.45) is 5.92 Å². The van der Waals surface area contributed by atoms with Gasteiger partial charge in [-0.25, -0.2) is 4.98 Å². The molecule has 2 rings (SSSR count). The summed E-state index contributed by atoms with van der Waals surface area (Å²) < 4.78 is 0. The predicted molar refractivity (Wildman–Crippen MR) is 91.8 cm³/mol. The molecule has 0 amide bonds. The van der Waals surface area contributed by atoms with Crippen LogP contribution in [0, 0.1) is 12.8 Å². The molecule has 4 nitrogen and oxygen atoms in total. The summed E-state index contributed by atoms with van der Waals surface area (Å²) >= 11 is 0. The van der Waals surface area contributed by atoms with Gasteiger partial charge in [-0.05, 0) is 25.5 Å². The van der Waals surface area contributed by atoms with E-state index in [2.05, 4.69) is 71.4 Å². The van der Waals surface area contributed by atoms with Gasteiger partial charge in [-0.1, -0.05) is 44.2 Å². The third kappa shape index (κ3) is 5.11. The van der Waals surface area contributed by atoms with Crippen molar-refractivity contribution >= 4 is 5.82 Å². The van der Waals surface area contributed by atoms with Gasteiger partial charge in [0, 0.05) is 25.3 Å². The monoisotopic (exact) mass is 298 g/mol. The number of hydrogen-bond acceptors (Lipinski definition) is 4. The van der Waals surface area contributed by atoms with Crippen LogP contribution in [-0.4, -0.2) is 34.5 Å². The minimum Gasteiger partial charge on any atom is -0.365 e. The third-order valence-corrected chi connectivity index (χ3v) is 3.70. The largest absolute Gasteiger partial charge is 0.365 e. The number of rotatable bonds is 7. The second-order valence-electron chi connectivity index (χ2n) is 6.22. The molecular formula is C18H26N4. The van der Waals surface area contributed by atoms with E-state index in [1.807, 2.05) is 6.92 Å². The highest BCUT2D eigenvalue weighted by atomic mass is 15.1. The number of anilines is 1. The van der Waals surface area contributed by atoms with Crippen molar-refractivity contribution in [1.82, 2.24) is 14.9 Å². The standard InChI is InChI=1S/C18H26N4/c1-14(2)17(21-18-11-19-10-15(3)20-18)13-22(4)12-16-8-6-5-7-9-16/h5-11,14,17H,12-13H2,1-4H3,(H,20,21). The molecule has 1 aromatic heterocycles. The third-order valence-electron chi connectivity index (χ3n) is 3.70. The summed E-state index contributed by atoms with van der Waals surface area (Å²) in [4.78, 5) is 11.0. The first-order valence-corrected chi connectivity index (χ1v) is 7.82. The van der Waals surface area contributed by atoms with Crippen LogP contribution < -0.4 is 5.32 Å². The molecule has 118 valence electrons. The quantitative estimate of drug-likeness (QED) is 0.851. The topological polar surface area (TPSA) is 41.1 Å². The highest BCUT2D eigenvalue weighted by molar-refractivity contribution is 5.33. The molecule has 0 radical (unpaired) electrons. The van der Waals surface area contributed by atoms with Gasteiger partial charge >= 0.3 is 0 Å². The number of hydrogen-bond donors (Lipinski definition) is 1. The fourth-order valence-electron chi connectivity index (χ4n) is 2.44. The van der Waals surface area contributed by atoms with Crippen molar-refractivity contribution < 1.29 is 0 Å². The maximum absolute atomic E-state index is 4.49. The number of nitrogens with zero attached hydrogens (tertiary/aromatic N) is 3. The lowest BCUT2D eigenvalue weighted by Crippen LogP contribution is -2.38. The Morgan fingerprint density at radius 1 is 1.14 bits per heavy atom. The van der Waals surface area contributed by atoms with Crippen LogP contribution in [0.4, 0.5) is 5.82 Å². The molecule has 0 bridgehead atoms. The molecule has 0 saturated heterocycles. The first-order chi connectivity index (χ1) is 10.5. The number of benzene rings is 1. The minimum absolute atomic E-state index is 0.338. The van der Waals surface area contributed by atoms with Gasteiger partial charge in [0.1, 0.15) is 5.82 Å². The van der Waals surface area contributed by atoms with Gasteiger partial charge in [0.2, 0.25) is 0 Å². The summed E-state index contributed by atoms with van der Waals surface area (Å²) in [6.45, 7) is 8.34. The summed E-state index contributed by atoms with van der Waals surface area (Å²) in [5.74, 6) is 1.37. The fourth-order valence-corrected chi connectivity index (χ4v) is 2.44. The van der Waals surface area contributed by atoms with Crippen LogP contribution in [-0.2, 0) is 6.54 Å². The van der Waals surface area contributed by atoms with Crippen molar-refractivity contribution in [2.45, 2.75) is 33.4 Å². The van der Waals surface area contributed by atoms with Crippen molar-refractivity contribution in [3.8, 4) is 0 Å². The smallest absolute Gasteiger partial charge is 0.145 e. The molecule has 1 N–H and O–H groups in total. The summed E-state index contributed by atoms with van der Waals surface area (Å²) in [6, 6.07) is 10.9. The summed E-state index contributed by atoms with van der Waals surface area (Å²) in [5.41, 5.74) is 2.27. The molecular weight excluding hydrogens is 272 g/mol. The lowest BCUT2D eigenvalue weighted by Gasteiger charge is -2.28. The van der Waals surface area contributed by atoms with Crippen LogP contribution in [0.3, 0.4) is 0 Å². The maximum atomic E-state index is 4.49. The number of likely N-dealkylation sites (N-methyl/N-ethyl adjacent to an activating group) is 1. The number of aryl methyl sites for hydroxylation is 1. The summed E-state index contributed by atoms with van der Waals surface area (Å²) in [7, 11) is 2.16. The Morgan fingerprint density at radius 3 is 2.50 bits per heavy atom. The molecule has 0 fully saturated rings. The number of nitrogens with one attached hydrogen (secondary N) is 1. The average Bonchev–Trinajstić information content (AvgIpc) is 2.47. The minimum atomic E-state index is 0.338. The van der Waals surface area contributed by atoms with E-state index >= 15 is 0 Å². The molecule has 1 heterocycles. The zero-order valence-corrected chi connectivity index (χ0v) is 14.0. The van der Waals surface area contributed by atoms with E-state index < -0.39 is 0 Å². The van der Waals surface area contributed by atoms with E-state index in [-0.39, 0.29) is 0 Å². The Kier molecular flexibility index (Phi) is 5.90. The lowest BCUT2D eigenvalue weighted by molar-refractivity contribution is 0.286. The molecule has 1 unspecified atom stereocenters. The molecule has 1 aromatic carbocycles. The maximum Gasteiger partial charge on any atom is 0.145 e. The second kappa shape index (κ2) is 7.90. The van der Waals surface area contributed by atoms with Gasteiger partial charge in [-0.2, -0.15) is 0 Å². The van der Waals surface area contributed by atoms with Crippen LogP contribution in [0.2, 0.25) is 0 Å². The fraction of sp³-hybridized carbons (Fsp3) is 0.444. The molecule has 2 aromatic rings. The Balaban J connectivity index is 1.96. The first kappa shape index (κ1) is 16.4. The summed E-state index contributed by atoms with van der Waals surface area (Å²) in [6.07, 6.45) is 3.57. The van der Waals surface area contributed by atoms with Crippen LogP contribution in [0.25, 0.3) is 0 Å². The van der Waals surface area contributed by atoms with Gasteiger partial charge in [0.05, 0.1) is 11.9 Å².